The van der Waals surface area contributed by atoms with Crippen LogP contribution in [-0.4, -0.2) is 12.6 Å². The van der Waals surface area contributed by atoms with Crippen LogP contribution in [0.5, 0.6) is 0 Å². The number of hydrogen-bond donors (Lipinski definition) is 0. The molecule has 0 aliphatic heterocycles. The van der Waals surface area contributed by atoms with Gasteiger partial charge in [0.2, 0.25) is 0 Å². The predicted molar refractivity (Wildman–Crippen MR) is 56.0 cm³/mol. The second-order valence-electron chi connectivity index (χ2n) is 2.76. The van der Waals surface area contributed by atoms with Crippen molar-refractivity contribution in [2.75, 3.05) is 6.61 Å². The van der Waals surface area contributed by atoms with Crippen molar-refractivity contribution < 1.29 is 13.9 Å². The van der Waals surface area contributed by atoms with Crippen LogP contribution in [0, 0.1) is 0 Å². The zero-order chi connectivity index (χ0) is 12.0. The van der Waals surface area contributed by atoms with Gasteiger partial charge in [0.15, 0.2) is 0 Å². The van der Waals surface area contributed by atoms with Crippen molar-refractivity contribution in [3.8, 4) is 0 Å². The Kier molecular flexibility index (Phi) is 4.20. The van der Waals surface area contributed by atoms with Crippen LogP contribution in [0.2, 0.25) is 0 Å². The third-order valence-corrected chi connectivity index (χ3v) is 1.60. The molecule has 0 fully saturated rings. The molecule has 1 aromatic carbocycles. The van der Waals surface area contributed by atoms with E-state index >= 15 is 0 Å². The maximum atomic E-state index is 11.0. The van der Waals surface area contributed by atoms with Gasteiger partial charge in [0.25, 0.3) is 0 Å². The summed E-state index contributed by atoms with van der Waals surface area (Å²) in [6, 6.07) is 8.96. The summed E-state index contributed by atoms with van der Waals surface area (Å²) in [5.41, 5.74) is -0.829. The van der Waals surface area contributed by atoms with Gasteiger partial charge in [-0.1, -0.05) is 18.2 Å². The second kappa shape index (κ2) is 5.65. The van der Waals surface area contributed by atoms with E-state index in [0.29, 0.717) is 12.2 Å². The summed E-state index contributed by atoms with van der Waals surface area (Å²) in [7, 11) is 0. The molecule has 0 atom stereocenters. The Morgan fingerprint density at radius 3 is 2.06 bits per heavy atom. The first kappa shape index (κ1) is 11.9. The van der Waals surface area contributed by atoms with E-state index in [1.807, 2.05) is 18.2 Å². The first-order chi connectivity index (χ1) is 7.65. The van der Waals surface area contributed by atoms with Gasteiger partial charge >= 0.3 is 17.2 Å². The molecule has 1 heterocycles. The van der Waals surface area contributed by atoms with E-state index in [1.165, 1.54) is 0 Å². The molecule has 5 heteroatoms. The standard InChI is InChI=1S/C9H10O2.C2O3/c1-2-11-9(10)8-6-4-3-5-7-8;3-1-2(4)5-1/h3-7H,2H2,1H3;. The Morgan fingerprint density at radius 2 is 1.69 bits per heavy atom. The second-order valence-corrected chi connectivity index (χ2v) is 2.76. The van der Waals surface area contributed by atoms with Gasteiger partial charge in [-0.15, -0.1) is 0 Å². The topological polar surface area (TPSA) is 73.6 Å². The quantitative estimate of drug-likeness (QED) is 0.553. The van der Waals surface area contributed by atoms with E-state index in [9.17, 15) is 14.4 Å². The summed E-state index contributed by atoms with van der Waals surface area (Å²) in [4.78, 5) is 29.7. The van der Waals surface area contributed by atoms with E-state index in [4.69, 9.17) is 4.74 Å². The largest absolute Gasteiger partial charge is 0.462 e. The highest BCUT2D eigenvalue weighted by atomic mass is 16.5. The number of carbonyl (C=O) groups excluding carboxylic acids is 1. The lowest BCUT2D eigenvalue weighted by molar-refractivity contribution is 0.0526. The minimum atomic E-state index is -0.718. The molecule has 84 valence electrons. The Labute approximate surface area is 91.0 Å². The van der Waals surface area contributed by atoms with Crippen molar-refractivity contribution in [2.24, 2.45) is 0 Å². The lowest BCUT2D eigenvalue weighted by atomic mass is 10.2. The maximum absolute atomic E-state index is 11.0. The summed E-state index contributed by atoms with van der Waals surface area (Å²) in [6.07, 6.45) is 0. The summed E-state index contributed by atoms with van der Waals surface area (Å²) in [5.74, 6) is -0.256. The zero-order valence-corrected chi connectivity index (χ0v) is 8.64. The summed E-state index contributed by atoms with van der Waals surface area (Å²) in [6.45, 7) is 2.22. The summed E-state index contributed by atoms with van der Waals surface area (Å²) >= 11 is 0. The van der Waals surface area contributed by atoms with E-state index in [1.54, 1.807) is 19.1 Å². The number of ether oxygens (including phenoxy) is 1. The van der Waals surface area contributed by atoms with Crippen LogP contribution >= 0.6 is 0 Å². The average Bonchev–Trinajstić information content (AvgIpc) is 2.94. The van der Waals surface area contributed by atoms with Gasteiger partial charge in [-0.05, 0) is 19.1 Å². The van der Waals surface area contributed by atoms with Crippen molar-refractivity contribution >= 4 is 5.97 Å². The third kappa shape index (κ3) is 3.91. The van der Waals surface area contributed by atoms with Gasteiger partial charge in [0.1, 0.15) is 0 Å². The van der Waals surface area contributed by atoms with Gasteiger partial charge in [0, 0.05) is 0 Å². The summed E-state index contributed by atoms with van der Waals surface area (Å²) in [5, 5.41) is 0. The van der Waals surface area contributed by atoms with Crippen molar-refractivity contribution in [3.05, 3.63) is 56.7 Å². The molecule has 0 aliphatic carbocycles. The molecule has 1 aromatic heterocycles. The van der Waals surface area contributed by atoms with Crippen molar-refractivity contribution in [3.63, 3.8) is 0 Å². The lowest BCUT2D eigenvalue weighted by Gasteiger charge is -1.99. The zero-order valence-electron chi connectivity index (χ0n) is 8.64. The van der Waals surface area contributed by atoms with Crippen LogP contribution in [0.25, 0.3) is 0 Å². The minimum absolute atomic E-state index is 0.256. The van der Waals surface area contributed by atoms with Crippen LogP contribution < -0.4 is 11.3 Å². The summed E-state index contributed by atoms with van der Waals surface area (Å²) < 4.78 is 8.43. The van der Waals surface area contributed by atoms with Crippen molar-refractivity contribution in [1.82, 2.24) is 0 Å². The van der Waals surface area contributed by atoms with Crippen molar-refractivity contribution in [1.29, 1.82) is 0 Å². The minimum Gasteiger partial charge on any atom is -0.462 e. The van der Waals surface area contributed by atoms with E-state index in [-0.39, 0.29) is 5.97 Å². The van der Waals surface area contributed by atoms with Crippen LogP contribution in [-0.2, 0) is 4.74 Å². The predicted octanol–water partition coefficient (Wildman–Crippen LogP) is 0.739. The maximum Gasteiger partial charge on any atom is 0.426 e. The molecule has 0 aliphatic rings. The van der Waals surface area contributed by atoms with Crippen LogP contribution in [0.3, 0.4) is 0 Å². The number of benzene rings is 1. The van der Waals surface area contributed by atoms with E-state index in [2.05, 4.69) is 4.42 Å². The Bertz CT molecular complexity index is 482. The lowest BCUT2D eigenvalue weighted by Crippen LogP contribution is -2.03. The fraction of sp³-hybridized carbons (Fsp3) is 0.182. The van der Waals surface area contributed by atoms with E-state index < -0.39 is 11.3 Å². The van der Waals surface area contributed by atoms with E-state index in [0.717, 1.165) is 0 Å². The molecule has 0 radical (unpaired) electrons. The molecule has 0 spiro atoms. The molecule has 0 unspecified atom stereocenters. The fourth-order valence-corrected chi connectivity index (χ4v) is 0.847. The normalized spacial score (nSPS) is 9.31. The fourth-order valence-electron chi connectivity index (χ4n) is 0.847. The van der Waals surface area contributed by atoms with Crippen LogP contribution in [0.4, 0.5) is 0 Å². The van der Waals surface area contributed by atoms with Gasteiger partial charge in [0.05, 0.1) is 12.2 Å². The molecular formula is C11H10O5. The SMILES string of the molecule is CCOC(=O)c1ccccc1.O=c1oc1=O. The third-order valence-electron chi connectivity index (χ3n) is 1.60. The molecule has 0 bridgehead atoms. The number of carbonyl (C=O) groups is 1. The smallest absolute Gasteiger partial charge is 0.426 e. The highest BCUT2D eigenvalue weighted by molar-refractivity contribution is 5.89. The van der Waals surface area contributed by atoms with Gasteiger partial charge in [-0.2, -0.15) is 0 Å². The molecule has 2 aromatic rings. The van der Waals surface area contributed by atoms with Gasteiger partial charge in [-0.3, -0.25) is 0 Å². The number of hydrogen-bond acceptors (Lipinski definition) is 5. The van der Waals surface area contributed by atoms with Crippen molar-refractivity contribution in [2.45, 2.75) is 6.92 Å². The molecular weight excluding hydrogens is 212 g/mol. The molecule has 0 saturated heterocycles. The Morgan fingerprint density at radius 1 is 1.19 bits per heavy atom. The molecule has 2 rings (SSSR count). The first-order valence-corrected chi connectivity index (χ1v) is 4.63. The first-order valence-electron chi connectivity index (χ1n) is 4.63. The monoisotopic (exact) mass is 222 g/mol. The molecule has 0 amide bonds. The number of esters is 1. The molecule has 0 N–H and O–H groups in total. The highest BCUT2D eigenvalue weighted by Crippen LogP contribution is 1.99. The molecule has 16 heavy (non-hydrogen) atoms. The Balaban J connectivity index is 0.000000212. The molecule has 0 saturated carbocycles. The Hall–Kier alpha value is -2.17. The van der Waals surface area contributed by atoms with Gasteiger partial charge < -0.3 is 9.15 Å². The highest BCUT2D eigenvalue weighted by Gasteiger charge is 2.03. The van der Waals surface area contributed by atoms with Crippen LogP contribution in [0.15, 0.2) is 44.3 Å². The van der Waals surface area contributed by atoms with Gasteiger partial charge in [-0.25, -0.2) is 14.4 Å². The molecule has 5 nitrogen and oxygen atoms in total. The number of rotatable bonds is 2. The average molecular weight is 222 g/mol. The van der Waals surface area contributed by atoms with Crippen LogP contribution in [0.1, 0.15) is 17.3 Å².